The van der Waals surface area contributed by atoms with Gasteiger partial charge in [0.2, 0.25) is 0 Å². The van der Waals surface area contributed by atoms with E-state index in [2.05, 4.69) is 23.5 Å². The molecule has 0 aliphatic rings. The lowest BCUT2D eigenvalue weighted by Gasteiger charge is -2.16. The third-order valence-electron chi connectivity index (χ3n) is 3.27. The maximum Gasteiger partial charge on any atom is 0.0669 e. The number of hydrogen-bond donors (Lipinski definition) is 2. The van der Waals surface area contributed by atoms with Crippen LogP contribution in [0.5, 0.6) is 0 Å². The average Bonchev–Trinajstić information content (AvgIpc) is 2.79. The van der Waals surface area contributed by atoms with E-state index in [9.17, 15) is 0 Å². The zero-order chi connectivity index (χ0) is 13.8. The SMILES string of the molecule is CCc1cc(C(Cc2ccccc2Cl)NN)n(C)n1. The van der Waals surface area contributed by atoms with Crippen LogP contribution in [0, 0.1) is 0 Å². The monoisotopic (exact) mass is 278 g/mol. The number of nitrogens with zero attached hydrogens (tertiary/aromatic N) is 2. The van der Waals surface area contributed by atoms with Gasteiger partial charge in [-0.15, -0.1) is 0 Å². The fourth-order valence-electron chi connectivity index (χ4n) is 2.18. The smallest absolute Gasteiger partial charge is 0.0669 e. The van der Waals surface area contributed by atoms with Crippen LogP contribution in [0.1, 0.15) is 29.9 Å². The van der Waals surface area contributed by atoms with E-state index < -0.39 is 0 Å². The maximum absolute atomic E-state index is 6.19. The molecule has 2 rings (SSSR count). The topological polar surface area (TPSA) is 55.9 Å². The van der Waals surface area contributed by atoms with Crippen molar-refractivity contribution in [1.82, 2.24) is 15.2 Å². The average molecular weight is 279 g/mol. The number of hydrazine groups is 1. The molecule has 0 spiro atoms. The van der Waals surface area contributed by atoms with E-state index in [4.69, 9.17) is 17.4 Å². The number of halogens is 1. The predicted molar refractivity (Wildman–Crippen MR) is 77.8 cm³/mol. The summed E-state index contributed by atoms with van der Waals surface area (Å²) in [5.41, 5.74) is 6.06. The van der Waals surface area contributed by atoms with E-state index in [1.165, 1.54) is 0 Å². The van der Waals surface area contributed by atoms with Crippen molar-refractivity contribution in [3.8, 4) is 0 Å². The van der Waals surface area contributed by atoms with Gasteiger partial charge in [-0.2, -0.15) is 5.10 Å². The molecule has 0 saturated heterocycles. The second-order valence-corrected chi connectivity index (χ2v) is 4.96. The summed E-state index contributed by atoms with van der Waals surface area (Å²) in [4.78, 5) is 0. The number of aromatic nitrogens is 2. The Bertz CT molecular complexity index is 550. The Kier molecular flexibility index (Phi) is 4.58. The van der Waals surface area contributed by atoms with Crippen molar-refractivity contribution in [3.05, 3.63) is 52.3 Å². The molecule has 1 atom stereocenters. The predicted octanol–water partition coefficient (Wildman–Crippen LogP) is 2.38. The molecule has 19 heavy (non-hydrogen) atoms. The van der Waals surface area contributed by atoms with Crippen LogP contribution in [-0.4, -0.2) is 9.78 Å². The fourth-order valence-corrected chi connectivity index (χ4v) is 2.39. The summed E-state index contributed by atoms with van der Waals surface area (Å²) in [6, 6.07) is 9.90. The molecule has 0 radical (unpaired) electrons. The van der Waals surface area contributed by atoms with Crippen LogP contribution in [0.15, 0.2) is 30.3 Å². The van der Waals surface area contributed by atoms with Crippen LogP contribution < -0.4 is 11.3 Å². The van der Waals surface area contributed by atoms with Crippen LogP contribution in [0.3, 0.4) is 0 Å². The number of hydrogen-bond acceptors (Lipinski definition) is 3. The first-order chi connectivity index (χ1) is 9.15. The number of nitrogens with one attached hydrogen (secondary N) is 1. The van der Waals surface area contributed by atoms with Crippen molar-refractivity contribution < 1.29 is 0 Å². The highest BCUT2D eigenvalue weighted by Crippen LogP contribution is 2.23. The second-order valence-electron chi connectivity index (χ2n) is 4.55. The van der Waals surface area contributed by atoms with Crippen molar-refractivity contribution in [2.24, 2.45) is 12.9 Å². The Morgan fingerprint density at radius 2 is 2.16 bits per heavy atom. The largest absolute Gasteiger partial charge is 0.271 e. The molecule has 5 heteroatoms. The fraction of sp³-hybridized carbons (Fsp3) is 0.357. The summed E-state index contributed by atoms with van der Waals surface area (Å²) >= 11 is 6.19. The third-order valence-corrected chi connectivity index (χ3v) is 3.64. The minimum Gasteiger partial charge on any atom is -0.271 e. The van der Waals surface area contributed by atoms with Gasteiger partial charge in [0.25, 0.3) is 0 Å². The lowest BCUT2D eigenvalue weighted by atomic mass is 10.0. The Morgan fingerprint density at radius 1 is 1.42 bits per heavy atom. The Morgan fingerprint density at radius 3 is 2.74 bits per heavy atom. The minimum absolute atomic E-state index is 0.00213. The zero-order valence-corrected chi connectivity index (χ0v) is 12.0. The molecule has 102 valence electrons. The first-order valence-corrected chi connectivity index (χ1v) is 6.75. The summed E-state index contributed by atoms with van der Waals surface area (Å²) in [5, 5.41) is 5.21. The quantitative estimate of drug-likeness (QED) is 0.652. The molecule has 1 heterocycles. The first kappa shape index (κ1) is 14.1. The van der Waals surface area contributed by atoms with Gasteiger partial charge in [0, 0.05) is 12.1 Å². The van der Waals surface area contributed by atoms with Crippen LogP contribution in [0.4, 0.5) is 0 Å². The number of aryl methyl sites for hydroxylation is 2. The van der Waals surface area contributed by atoms with E-state index >= 15 is 0 Å². The van der Waals surface area contributed by atoms with Crippen molar-refractivity contribution in [2.75, 3.05) is 0 Å². The molecular formula is C14H19ClN4. The molecule has 0 aliphatic carbocycles. The van der Waals surface area contributed by atoms with Gasteiger partial charge in [0.15, 0.2) is 0 Å². The van der Waals surface area contributed by atoms with Crippen LogP contribution in [0.25, 0.3) is 0 Å². The van der Waals surface area contributed by atoms with Crippen molar-refractivity contribution in [1.29, 1.82) is 0 Å². The molecule has 3 N–H and O–H groups in total. The Hall–Kier alpha value is -1.36. The highest BCUT2D eigenvalue weighted by molar-refractivity contribution is 6.31. The number of benzene rings is 1. The molecule has 0 aliphatic heterocycles. The Labute approximate surface area is 118 Å². The summed E-state index contributed by atoms with van der Waals surface area (Å²) < 4.78 is 1.88. The van der Waals surface area contributed by atoms with E-state index in [1.807, 2.05) is 36.0 Å². The molecule has 1 unspecified atom stereocenters. The molecule has 0 bridgehead atoms. The summed E-state index contributed by atoms with van der Waals surface area (Å²) in [6.45, 7) is 2.09. The highest BCUT2D eigenvalue weighted by atomic mass is 35.5. The van der Waals surface area contributed by atoms with Crippen molar-refractivity contribution in [2.45, 2.75) is 25.8 Å². The van der Waals surface area contributed by atoms with Gasteiger partial charge in [0.05, 0.1) is 17.4 Å². The van der Waals surface area contributed by atoms with Gasteiger partial charge in [-0.1, -0.05) is 36.7 Å². The Balaban J connectivity index is 2.25. The molecule has 4 nitrogen and oxygen atoms in total. The zero-order valence-electron chi connectivity index (χ0n) is 11.2. The summed E-state index contributed by atoms with van der Waals surface area (Å²) in [7, 11) is 1.94. The van der Waals surface area contributed by atoms with Gasteiger partial charge >= 0.3 is 0 Å². The van der Waals surface area contributed by atoms with Crippen LogP contribution >= 0.6 is 11.6 Å². The number of rotatable bonds is 5. The lowest BCUT2D eigenvalue weighted by Crippen LogP contribution is -2.31. The summed E-state index contributed by atoms with van der Waals surface area (Å²) in [5.74, 6) is 5.69. The molecule has 0 saturated carbocycles. The molecule has 0 amide bonds. The van der Waals surface area contributed by atoms with Gasteiger partial charge in [-0.25, -0.2) is 0 Å². The second kappa shape index (κ2) is 6.19. The molecule has 1 aromatic carbocycles. The van der Waals surface area contributed by atoms with Gasteiger partial charge < -0.3 is 0 Å². The van der Waals surface area contributed by atoms with Gasteiger partial charge in [-0.05, 0) is 30.5 Å². The van der Waals surface area contributed by atoms with E-state index in [0.29, 0.717) is 0 Å². The van der Waals surface area contributed by atoms with Gasteiger partial charge in [0.1, 0.15) is 0 Å². The van der Waals surface area contributed by atoms with Crippen LogP contribution in [-0.2, 0) is 19.9 Å². The first-order valence-electron chi connectivity index (χ1n) is 6.38. The van der Waals surface area contributed by atoms with Crippen molar-refractivity contribution in [3.63, 3.8) is 0 Å². The van der Waals surface area contributed by atoms with Crippen LogP contribution in [0.2, 0.25) is 5.02 Å². The standard InChI is InChI=1S/C14H19ClN4/c1-3-11-9-14(19(2)18-11)13(17-16)8-10-6-4-5-7-12(10)15/h4-7,9,13,17H,3,8,16H2,1-2H3. The van der Waals surface area contributed by atoms with E-state index in [1.54, 1.807) is 0 Å². The highest BCUT2D eigenvalue weighted by Gasteiger charge is 2.17. The summed E-state index contributed by atoms with van der Waals surface area (Å²) in [6.07, 6.45) is 1.65. The molecular weight excluding hydrogens is 260 g/mol. The number of nitrogens with two attached hydrogens (primary N) is 1. The lowest BCUT2D eigenvalue weighted by molar-refractivity contribution is 0.508. The third kappa shape index (κ3) is 3.15. The molecule has 2 aromatic rings. The molecule has 0 fully saturated rings. The normalized spacial score (nSPS) is 12.6. The van der Waals surface area contributed by atoms with Gasteiger partial charge in [-0.3, -0.25) is 16.0 Å². The molecule has 1 aromatic heterocycles. The maximum atomic E-state index is 6.19. The van der Waals surface area contributed by atoms with E-state index in [0.717, 1.165) is 34.8 Å². The minimum atomic E-state index is -0.00213. The van der Waals surface area contributed by atoms with E-state index in [-0.39, 0.29) is 6.04 Å². The van der Waals surface area contributed by atoms with Crippen molar-refractivity contribution >= 4 is 11.6 Å².